The molecule has 0 spiro atoms. The second kappa shape index (κ2) is 7.74. The summed E-state index contributed by atoms with van der Waals surface area (Å²) in [5.41, 5.74) is 0.955. The van der Waals surface area contributed by atoms with Crippen LogP contribution in [0.25, 0.3) is 0 Å². The van der Waals surface area contributed by atoms with E-state index >= 15 is 0 Å². The Morgan fingerprint density at radius 1 is 1.23 bits per heavy atom. The smallest absolute Gasteiger partial charge is 0.229 e. The van der Waals surface area contributed by atoms with Gasteiger partial charge in [0.15, 0.2) is 0 Å². The van der Waals surface area contributed by atoms with E-state index in [2.05, 4.69) is 5.32 Å². The molecule has 0 unspecified atom stereocenters. The Morgan fingerprint density at radius 3 is 2.73 bits per heavy atom. The average Bonchev–Trinajstić information content (AvgIpc) is 3.00. The summed E-state index contributed by atoms with van der Waals surface area (Å²) in [7, 11) is 1.51. The van der Waals surface area contributed by atoms with E-state index in [1.807, 2.05) is 0 Å². The molecule has 1 N–H and O–H groups in total. The molecule has 26 heavy (non-hydrogen) atoms. The second-order valence-electron chi connectivity index (χ2n) is 5.81. The summed E-state index contributed by atoms with van der Waals surface area (Å²) in [5, 5.41) is 3.82. The number of benzene rings is 2. The van der Waals surface area contributed by atoms with Crippen LogP contribution in [0, 0.1) is 5.92 Å². The van der Waals surface area contributed by atoms with Crippen LogP contribution in [0.5, 0.6) is 5.75 Å². The zero-order chi connectivity index (χ0) is 18.8. The number of amides is 2. The Bertz CT molecular complexity index is 873. The molecule has 1 saturated heterocycles. The van der Waals surface area contributed by atoms with Crippen LogP contribution < -0.4 is 15.0 Å². The third-order valence-electron chi connectivity index (χ3n) is 4.14. The number of carbonyl (C=O) groups excluding carboxylic acids is 2. The van der Waals surface area contributed by atoms with Gasteiger partial charge < -0.3 is 15.0 Å². The van der Waals surface area contributed by atoms with E-state index < -0.39 is 5.92 Å². The Morgan fingerprint density at radius 2 is 2.00 bits per heavy atom. The van der Waals surface area contributed by atoms with E-state index in [1.54, 1.807) is 36.4 Å². The highest BCUT2D eigenvalue weighted by molar-refractivity contribution is 6.44. The summed E-state index contributed by atoms with van der Waals surface area (Å²) in [6, 6.07) is 9.98. The van der Waals surface area contributed by atoms with Crippen molar-refractivity contribution >= 4 is 58.0 Å². The summed E-state index contributed by atoms with van der Waals surface area (Å²) in [5.74, 6) is -0.489. The SMILES string of the molecule is COc1ccc(Cl)cc1N1C[C@@H](C(=O)Nc2cccc(Cl)c2Cl)CC1=O. The van der Waals surface area contributed by atoms with Crippen LogP contribution in [-0.2, 0) is 9.59 Å². The quantitative estimate of drug-likeness (QED) is 0.794. The van der Waals surface area contributed by atoms with Crippen molar-refractivity contribution in [2.24, 2.45) is 5.92 Å². The number of nitrogens with one attached hydrogen (secondary N) is 1. The van der Waals surface area contributed by atoms with Gasteiger partial charge in [0, 0.05) is 18.0 Å². The van der Waals surface area contributed by atoms with Crippen LogP contribution >= 0.6 is 34.8 Å². The molecule has 1 heterocycles. The standard InChI is InChI=1S/C18H15Cl3N2O3/c1-26-15-6-5-11(19)8-14(15)23-9-10(7-16(23)24)18(25)22-13-4-2-3-12(20)17(13)21/h2-6,8,10H,7,9H2,1H3,(H,22,25)/t10-/m0/s1. The molecule has 0 saturated carbocycles. The highest BCUT2D eigenvalue weighted by Gasteiger charge is 2.36. The maximum atomic E-state index is 12.6. The van der Waals surface area contributed by atoms with E-state index in [0.717, 1.165) is 0 Å². The molecular weight excluding hydrogens is 399 g/mol. The van der Waals surface area contributed by atoms with Crippen LogP contribution in [0.4, 0.5) is 11.4 Å². The first kappa shape index (κ1) is 18.8. The van der Waals surface area contributed by atoms with Gasteiger partial charge in [0.05, 0.1) is 34.4 Å². The van der Waals surface area contributed by atoms with E-state index in [0.29, 0.717) is 27.2 Å². The molecule has 0 radical (unpaired) electrons. The van der Waals surface area contributed by atoms with Gasteiger partial charge in [0.2, 0.25) is 11.8 Å². The molecule has 136 valence electrons. The van der Waals surface area contributed by atoms with Gasteiger partial charge in [-0.25, -0.2) is 0 Å². The lowest BCUT2D eigenvalue weighted by atomic mass is 10.1. The number of carbonyl (C=O) groups is 2. The predicted molar refractivity (Wildman–Crippen MR) is 104 cm³/mol. The van der Waals surface area contributed by atoms with Crippen LogP contribution in [0.15, 0.2) is 36.4 Å². The Hall–Kier alpha value is -1.95. The number of halogens is 3. The van der Waals surface area contributed by atoms with Crippen LogP contribution in [0.1, 0.15) is 6.42 Å². The molecule has 0 aromatic heterocycles. The van der Waals surface area contributed by atoms with Gasteiger partial charge in [0.1, 0.15) is 5.75 Å². The predicted octanol–water partition coefficient (Wildman–Crippen LogP) is 4.65. The minimum absolute atomic E-state index is 0.0830. The minimum Gasteiger partial charge on any atom is -0.495 e. The van der Waals surface area contributed by atoms with E-state index in [9.17, 15) is 9.59 Å². The first-order valence-electron chi connectivity index (χ1n) is 7.79. The van der Waals surface area contributed by atoms with Gasteiger partial charge in [-0.2, -0.15) is 0 Å². The first-order chi connectivity index (χ1) is 12.4. The van der Waals surface area contributed by atoms with Gasteiger partial charge in [-0.3, -0.25) is 9.59 Å². The lowest BCUT2D eigenvalue weighted by molar-refractivity contribution is -0.122. The summed E-state index contributed by atoms with van der Waals surface area (Å²) in [4.78, 5) is 26.5. The van der Waals surface area contributed by atoms with Crippen molar-refractivity contribution in [1.29, 1.82) is 0 Å². The van der Waals surface area contributed by atoms with Crippen molar-refractivity contribution in [3.05, 3.63) is 51.5 Å². The number of nitrogens with zero attached hydrogens (tertiary/aromatic N) is 1. The minimum atomic E-state index is -0.527. The third-order valence-corrected chi connectivity index (χ3v) is 5.19. The molecular formula is C18H15Cl3N2O3. The maximum Gasteiger partial charge on any atom is 0.229 e. The molecule has 5 nitrogen and oxygen atoms in total. The number of rotatable bonds is 4. The zero-order valence-corrected chi connectivity index (χ0v) is 16.0. The van der Waals surface area contributed by atoms with Gasteiger partial charge >= 0.3 is 0 Å². The number of anilines is 2. The molecule has 2 amide bonds. The molecule has 1 atom stereocenters. The maximum absolute atomic E-state index is 12.6. The monoisotopic (exact) mass is 412 g/mol. The first-order valence-corrected chi connectivity index (χ1v) is 8.93. The van der Waals surface area contributed by atoms with Crippen molar-refractivity contribution in [3.63, 3.8) is 0 Å². The Kier molecular flexibility index (Phi) is 5.61. The molecule has 2 aromatic carbocycles. The molecule has 1 fully saturated rings. The Balaban J connectivity index is 1.78. The fourth-order valence-electron chi connectivity index (χ4n) is 2.83. The summed E-state index contributed by atoms with van der Waals surface area (Å²) < 4.78 is 5.30. The van der Waals surface area contributed by atoms with Crippen molar-refractivity contribution in [2.45, 2.75) is 6.42 Å². The van der Waals surface area contributed by atoms with E-state index in [1.165, 1.54) is 12.0 Å². The topological polar surface area (TPSA) is 58.6 Å². The van der Waals surface area contributed by atoms with Crippen LogP contribution in [0.2, 0.25) is 15.1 Å². The number of methoxy groups -OCH3 is 1. The molecule has 0 bridgehead atoms. The lowest BCUT2D eigenvalue weighted by Gasteiger charge is -2.20. The van der Waals surface area contributed by atoms with Crippen molar-refractivity contribution in [1.82, 2.24) is 0 Å². The second-order valence-corrected chi connectivity index (χ2v) is 7.03. The highest BCUT2D eigenvalue weighted by atomic mass is 35.5. The third kappa shape index (κ3) is 3.75. The van der Waals surface area contributed by atoms with E-state index in [4.69, 9.17) is 39.5 Å². The molecule has 1 aliphatic rings. The summed E-state index contributed by atoms with van der Waals surface area (Å²) in [6.45, 7) is 0.222. The van der Waals surface area contributed by atoms with Crippen molar-refractivity contribution < 1.29 is 14.3 Å². The molecule has 8 heteroatoms. The fraction of sp³-hybridized carbons (Fsp3) is 0.222. The van der Waals surface area contributed by atoms with E-state index in [-0.39, 0.29) is 29.8 Å². The number of ether oxygens (including phenoxy) is 1. The lowest BCUT2D eigenvalue weighted by Crippen LogP contribution is -2.28. The Labute approximate surface area is 165 Å². The van der Waals surface area contributed by atoms with Crippen molar-refractivity contribution in [3.8, 4) is 5.75 Å². The van der Waals surface area contributed by atoms with Gasteiger partial charge in [0.25, 0.3) is 0 Å². The highest BCUT2D eigenvalue weighted by Crippen LogP contribution is 2.36. The van der Waals surface area contributed by atoms with Crippen LogP contribution in [0.3, 0.4) is 0 Å². The van der Waals surface area contributed by atoms with Gasteiger partial charge in [-0.1, -0.05) is 40.9 Å². The molecule has 1 aliphatic heterocycles. The van der Waals surface area contributed by atoms with Crippen LogP contribution in [-0.4, -0.2) is 25.5 Å². The fourth-order valence-corrected chi connectivity index (χ4v) is 3.34. The summed E-state index contributed by atoms with van der Waals surface area (Å²) >= 11 is 18.1. The van der Waals surface area contributed by atoms with Gasteiger partial charge in [-0.05, 0) is 30.3 Å². The van der Waals surface area contributed by atoms with Crippen molar-refractivity contribution in [2.75, 3.05) is 23.9 Å². The average molecular weight is 414 g/mol. The zero-order valence-electron chi connectivity index (χ0n) is 13.8. The van der Waals surface area contributed by atoms with Gasteiger partial charge in [-0.15, -0.1) is 0 Å². The number of hydrogen-bond acceptors (Lipinski definition) is 3. The summed E-state index contributed by atoms with van der Waals surface area (Å²) in [6.07, 6.45) is 0.0830. The molecule has 0 aliphatic carbocycles. The molecule has 3 rings (SSSR count). The molecule has 2 aromatic rings. The largest absolute Gasteiger partial charge is 0.495 e. The normalized spacial score (nSPS) is 16.7. The number of hydrogen-bond donors (Lipinski definition) is 1.